The van der Waals surface area contributed by atoms with E-state index in [9.17, 15) is 4.39 Å². The number of anilines is 1. The second kappa shape index (κ2) is 5.00. The van der Waals surface area contributed by atoms with Gasteiger partial charge in [-0.25, -0.2) is 4.39 Å². The molecule has 1 heterocycles. The third-order valence-electron chi connectivity index (χ3n) is 3.75. The van der Waals surface area contributed by atoms with Crippen LogP contribution < -0.4 is 5.32 Å². The molecule has 1 aliphatic heterocycles. The molecular weight excluding hydrogens is 289 g/mol. The molecule has 2 aromatic rings. The first-order chi connectivity index (χ1) is 9.87. The standard InChI is InChI=1S/C17H17ClFNO/c1-10-20-16-7-5-11(8-13(16)17(2,3)21-10)12-4-6-15(19)14(18)9-12/h4-10,20H,1-3H3. The van der Waals surface area contributed by atoms with Crippen LogP contribution in [0.15, 0.2) is 36.4 Å². The smallest absolute Gasteiger partial charge is 0.141 e. The van der Waals surface area contributed by atoms with Gasteiger partial charge in [-0.1, -0.05) is 23.7 Å². The lowest BCUT2D eigenvalue weighted by atomic mass is 9.91. The Morgan fingerprint density at radius 1 is 1.14 bits per heavy atom. The lowest BCUT2D eigenvalue weighted by Crippen LogP contribution is -2.37. The summed E-state index contributed by atoms with van der Waals surface area (Å²) in [5.41, 5.74) is 3.65. The topological polar surface area (TPSA) is 21.3 Å². The molecule has 0 amide bonds. The van der Waals surface area contributed by atoms with E-state index in [0.29, 0.717) is 0 Å². The van der Waals surface area contributed by atoms with Crippen molar-refractivity contribution in [2.45, 2.75) is 32.6 Å². The van der Waals surface area contributed by atoms with Gasteiger partial charge >= 0.3 is 0 Å². The van der Waals surface area contributed by atoms with E-state index in [-0.39, 0.29) is 16.9 Å². The van der Waals surface area contributed by atoms with Gasteiger partial charge in [0.25, 0.3) is 0 Å². The predicted molar refractivity (Wildman–Crippen MR) is 84.0 cm³/mol. The second-order valence-corrected chi connectivity index (χ2v) is 6.21. The number of halogens is 2. The molecule has 4 heteroatoms. The summed E-state index contributed by atoms with van der Waals surface area (Å²) in [6.45, 7) is 6.08. The normalized spacial score (nSPS) is 19.8. The van der Waals surface area contributed by atoms with Gasteiger partial charge in [-0.05, 0) is 56.2 Å². The van der Waals surface area contributed by atoms with Crippen LogP contribution in [-0.4, -0.2) is 6.23 Å². The number of nitrogens with one attached hydrogen (secondary N) is 1. The molecule has 0 fully saturated rings. The van der Waals surface area contributed by atoms with Crippen molar-refractivity contribution in [1.82, 2.24) is 0 Å². The average molecular weight is 306 g/mol. The molecule has 0 saturated heterocycles. The highest BCUT2D eigenvalue weighted by Gasteiger charge is 2.31. The van der Waals surface area contributed by atoms with Crippen molar-refractivity contribution in [2.24, 2.45) is 0 Å². The van der Waals surface area contributed by atoms with Crippen LogP contribution in [0, 0.1) is 5.82 Å². The molecule has 3 rings (SSSR count). The molecule has 1 N–H and O–H groups in total. The minimum absolute atomic E-state index is 0.0291. The van der Waals surface area contributed by atoms with Gasteiger partial charge in [0.15, 0.2) is 0 Å². The Labute approximate surface area is 128 Å². The number of rotatable bonds is 1. The van der Waals surface area contributed by atoms with Gasteiger partial charge in [0, 0.05) is 11.3 Å². The zero-order valence-corrected chi connectivity index (χ0v) is 13.0. The van der Waals surface area contributed by atoms with Crippen molar-refractivity contribution in [3.63, 3.8) is 0 Å². The van der Waals surface area contributed by atoms with Gasteiger partial charge in [0.1, 0.15) is 12.0 Å². The highest BCUT2D eigenvalue weighted by atomic mass is 35.5. The summed E-state index contributed by atoms with van der Waals surface area (Å²) < 4.78 is 19.2. The maximum Gasteiger partial charge on any atom is 0.141 e. The quantitative estimate of drug-likeness (QED) is 0.785. The van der Waals surface area contributed by atoms with Crippen LogP contribution in [0.5, 0.6) is 0 Å². The van der Waals surface area contributed by atoms with E-state index in [0.717, 1.165) is 22.4 Å². The van der Waals surface area contributed by atoms with Gasteiger partial charge in [0.2, 0.25) is 0 Å². The molecular formula is C17H17ClFNO. The molecule has 1 unspecified atom stereocenters. The maximum absolute atomic E-state index is 13.3. The summed E-state index contributed by atoms with van der Waals surface area (Å²) in [5, 5.41) is 3.44. The fraction of sp³-hybridized carbons (Fsp3) is 0.294. The first kappa shape index (κ1) is 14.4. The molecule has 0 bridgehead atoms. The SMILES string of the molecule is CC1Nc2ccc(-c3ccc(F)c(Cl)c3)cc2C(C)(C)O1. The van der Waals surface area contributed by atoms with Crippen molar-refractivity contribution in [3.05, 3.63) is 52.8 Å². The van der Waals surface area contributed by atoms with E-state index in [4.69, 9.17) is 16.3 Å². The number of hydrogen-bond acceptors (Lipinski definition) is 2. The Morgan fingerprint density at radius 3 is 2.52 bits per heavy atom. The van der Waals surface area contributed by atoms with Gasteiger partial charge in [-0.15, -0.1) is 0 Å². The van der Waals surface area contributed by atoms with Crippen LogP contribution >= 0.6 is 11.6 Å². The summed E-state index contributed by atoms with van der Waals surface area (Å²) in [5.74, 6) is -0.405. The van der Waals surface area contributed by atoms with Crippen molar-refractivity contribution >= 4 is 17.3 Å². The minimum atomic E-state index is -0.405. The monoisotopic (exact) mass is 305 g/mol. The highest BCUT2D eigenvalue weighted by Crippen LogP contribution is 2.39. The Bertz CT molecular complexity index is 699. The number of benzene rings is 2. The summed E-state index contributed by atoms with van der Waals surface area (Å²) >= 11 is 5.87. The Hall–Kier alpha value is -1.58. The van der Waals surface area contributed by atoms with Crippen molar-refractivity contribution < 1.29 is 9.13 Å². The first-order valence-electron chi connectivity index (χ1n) is 6.91. The van der Waals surface area contributed by atoms with E-state index in [1.807, 2.05) is 32.9 Å². The van der Waals surface area contributed by atoms with E-state index in [1.54, 1.807) is 12.1 Å². The van der Waals surface area contributed by atoms with E-state index in [1.165, 1.54) is 6.07 Å². The molecule has 21 heavy (non-hydrogen) atoms. The lowest BCUT2D eigenvalue weighted by molar-refractivity contribution is -0.0632. The van der Waals surface area contributed by atoms with E-state index >= 15 is 0 Å². The molecule has 0 aromatic heterocycles. The van der Waals surface area contributed by atoms with Crippen molar-refractivity contribution in [1.29, 1.82) is 0 Å². The Kier molecular flexibility index (Phi) is 3.42. The Balaban J connectivity index is 2.09. The van der Waals surface area contributed by atoms with Crippen molar-refractivity contribution in [2.75, 3.05) is 5.32 Å². The van der Waals surface area contributed by atoms with Gasteiger partial charge in [0.05, 0.1) is 10.6 Å². The van der Waals surface area contributed by atoms with Crippen LogP contribution in [0.25, 0.3) is 11.1 Å². The minimum Gasteiger partial charge on any atom is -0.360 e. The van der Waals surface area contributed by atoms with Crippen molar-refractivity contribution in [3.8, 4) is 11.1 Å². The van der Waals surface area contributed by atoms with Crippen LogP contribution in [0.1, 0.15) is 26.3 Å². The highest BCUT2D eigenvalue weighted by molar-refractivity contribution is 6.31. The molecule has 2 nitrogen and oxygen atoms in total. The van der Waals surface area contributed by atoms with Gasteiger partial charge < -0.3 is 10.1 Å². The van der Waals surface area contributed by atoms with E-state index in [2.05, 4.69) is 11.4 Å². The molecule has 110 valence electrons. The summed E-state index contributed by atoms with van der Waals surface area (Å²) in [7, 11) is 0. The van der Waals surface area contributed by atoms with Gasteiger partial charge in [-0.2, -0.15) is 0 Å². The zero-order chi connectivity index (χ0) is 15.2. The van der Waals surface area contributed by atoms with Crippen LogP contribution in [0.2, 0.25) is 5.02 Å². The molecule has 0 spiro atoms. The van der Waals surface area contributed by atoms with Crippen LogP contribution in [0.3, 0.4) is 0 Å². The lowest BCUT2D eigenvalue weighted by Gasteiger charge is -2.38. The first-order valence-corrected chi connectivity index (χ1v) is 7.29. The zero-order valence-electron chi connectivity index (χ0n) is 12.2. The summed E-state index contributed by atoms with van der Waals surface area (Å²) in [6, 6.07) is 10.9. The average Bonchev–Trinajstić information content (AvgIpc) is 2.40. The van der Waals surface area contributed by atoms with Gasteiger partial charge in [-0.3, -0.25) is 0 Å². The third kappa shape index (κ3) is 2.63. The van der Waals surface area contributed by atoms with Crippen LogP contribution in [-0.2, 0) is 10.3 Å². The second-order valence-electron chi connectivity index (χ2n) is 5.80. The molecule has 0 radical (unpaired) electrons. The van der Waals surface area contributed by atoms with Crippen LogP contribution in [0.4, 0.5) is 10.1 Å². The molecule has 1 aliphatic rings. The molecule has 1 atom stereocenters. The Morgan fingerprint density at radius 2 is 1.81 bits per heavy atom. The summed E-state index contributed by atoms with van der Waals surface area (Å²) in [6.07, 6.45) is -0.0291. The number of fused-ring (bicyclic) bond motifs is 1. The molecule has 2 aromatic carbocycles. The molecule has 0 aliphatic carbocycles. The third-order valence-corrected chi connectivity index (χ3v) is 4.04. The largest absolute Gasteiger partial charge is 0.360 e. The number of ether oxygens (including phenoxy) is 1. The number of hydrogen-bond donors (Lipinski definition) is 1. The maximum atomic E-state index is 13.3. The van der Waals surface area contributed by atoms with E-state index < -0.39 is 5.82 Å². The summed E-state index contributed by atoms with van der Waals surface area (Å²) in [4.78, 5) is 0. The predicted octanol–water partition coefficient (Wildman–Crippen LogP) is 5.17. The molecule has 0 saturated carbocycles. The fourth-order valence-electron chi connectivity index (χ4n) is 2.78. The fourth-order valence-corrected chi connectivity index (χ4v) is 2.96.